The molecule has 0 N–H and O–H groups in total. The Hall–Kier alpha value is -2.73. The molecule has 1 amide bonds. The molecule has 0 fully saturated rings. The van der Waals surface area contributed by atoms with E-state index < -0.39 is 0 Å². The summed E-state index contributed by atoms with van der Waals surface area (Å²) in [4.78, 5) is 22.9. The van der Waals surface area contributed by atoms with E-state index in [0.717, 1.165) is 16.3 Å². The summed E-state index contributed by atoms with van der Waals surface area (Å²) in [6.45, 7) is 1.96. The maximum absolute atomic E-state index is 12.7. The number of methoxy groups -OCH3 is 1. The number of nitrogens with zero attached hydrogens (tertiary/aromatic N) is 3. The summed E-state index contributed by atoms with van der Waals surface area (Å²) in [7, 11) is 3.29. The van der Waals surface area contributed by atoms with Gasteiger partial charge < -0.3 is 9.64 Å². The molecule has 0 radical (unpaired) electrons. The number of carbonyl (C=O) groups is 1. The lowest BCUT2D eigenvalue weighted by Gasteiger charge is -2.17. The third-order valence-electron chi connectivity index (χ3n) is 3.60. The first-order chi connectivity index (χ1) is 11.6. The minimum atomic E-state index is -0.0999. The van der Waals surface area contributed by atoms with Crippen LogP contribution in [-0.4, -0.2) is 30.0 Å². The predicted molar refractivity (Wildman–Crippen MR) is 95.8 cm³/mol. The van der Waals surface area contributed by atoms with Crippen molar-refractivity contribution in [3.63, 3.8) is 0 Å². The van der Waals surface area contributed by atoms with E-state index >= 15 is 0 Å². The van der Waals surface area contributed by atoms with E-state index in [9.17, 15) is 4.79 Å². The van der Waals surface area contributed by atoms with Crippen LogP contribution in [0.4, 0.5) is 5.69 Å². The van der Waals surface area contributed by atoms with Crippen LogP contribution in [0.5, 0.6) is 5.88 Å². The SMILES string of the molecule is COc1ccc(N(C)C(=O)c2cccc(-c3nc(C)cs3)c2)cn1. The average molecular weight is 339 g/mol. The van der Waals surface area contributed by atoms with Crippen molar-refractivity contribution in [1.82, 2.24) is 9.97 Å². The summed E-state index contributed by atoms with van der Waals surface area (Å²) in [5.41, 5.74) is 3.24. The molecule has 0 spiro atoms. The number of pyridine rings is 1. The number of hydrogen-bond donors (Lipinski definition) is 0. The molecular weight excluding hydrogens is 322 g/mol. The van der Waals surface area contributed by atoms with E-state index in [-0.39, 0.29) is 5.91 Å². The Morgan fingerprint density at radius 3 is 2.71 bits per heavy atom. The summed E-state index contributed by atoms with van der Waals surface area (Å²) in [6.07, 6.45) is 1.62. The second-order valence-corrected chi connectivity index (χ2v) is 6.16. The summed E-state index contributed by atoms with van der Waals surface area (Å²) < 4.78 is 5.04. The molecule has 0 aliphatic rings. The first kappa shape index (κ1) is 16.1. The lowest BCUT2D eigenvalue weighted by atomic mass is 10.1. The van der Waals surface area contributed by atoms with Gasteiger partial charge >= 0.3 is 0 Å². The Balaban J connectivity index is 1.86. The lowest BCUT2D eigenvalue weighted by molar-refractivity contribution is 0.0993. The highest BCUT2D eigenvalue weighted by Crippen LogP contribution is 2.25. The Bertz CT molecular complexity index is 859. The van der Waals surface area contributed by atoms with E-state index in [1.807, 2.05) is 30.5 Å². The third-order valence-corrected chi connectivity index (χ3v) is 4.61. The van der Waals surface area contributed by atoms with E-state index in [1.165, 1.54) is 0 Å². The van der Waals surface area contributed by atoms with Crippen molar-refractivity contribution in [2.75, 3.05) is 19.1 Å². The highest BCUT2D eigenvalue weighted by Gasteiger charge is 2.15. The Kier molecular flexibility index (Phi) is 4.57. The van der Waals surface area contributed by atoms with E-state index in [0.29, 0.717) is 17.1 Å². The van der Waals surface area contributed by atoms with E-state index in [2.05, 4.69) is 9.97 Å². The first-order valence-corrected chi connectivity index (χ1v) is 8.27. The molecule has 0 saturated carbocycles. The van der Waals surface area contributed by atoms with Gasteiger partial charge in [0.05, 0.1) is 19.0 Å². The largest absolute Gasteiger partial charge is 0.481 e. The molecule has 1 aromatic carbocycles. The van der Waals surface area contributed by atoms with Gasteiger partial charge in [-0.25, -0.2) is 9.97 Å². The van der Waals surface area contributed by atoms with Crippen molar-refractivity contribution < 1.29 is 9.53 Å². The van der Waals surface area contributed by atoms with Gasteiger partial charge in [0, 0.05) is 35.3 Å². The standard InChI is InChI=1S/C18H17N3O2S/c1-12-11-24-17(20-12)13-5-4-6-14(9-13)18(22)21(2)15-7-8-16(23-3)19-10-15/h4-11H,1-3H3. The maximum atomic E-state index is 12.7. The number of ether oxygens (including phenoxy) is 1. The zero-order valence-corrected chi connectivity index (χ0v) is 14.5. The molecule has 6 heteroatoms. The number of carbonyl (C=O) groups excluding carboxylic acids is 1. The minimum Gasteiger partial charge on any atom is -0.481 e. The number of amides is 1. The number of thiazole rings is 1. The van der Waals surface area contributed by atoms with Gasteiger partial charge in [-0.1, -0.05) is 12.1 Å². The smallest absolute Gasteiger partial charge is 0.258 e. The predicted octanol–water partition coefficient (Wildman–Crippen LogP) is 3.80. The van der Waals surface area contributed by atoms with Crippen LogP contribution in [0.3, 0.4) is 0 Å². The summed E-state index contributed by atoms with van der Waals surface area (Å²) in [5, 5.41) is 2.91. The molecule has 24 heavy (non-hydrogen) atoms. The fourth-order valence-electron chi connectivity index (χ4n) is 2.27. The van der Waals surface area contributed by atoms with E-state index in [1.54, 1.807) is 54.8 Å². The van der Waals surface area contributed by atoms with Gasteiger partial charge in [0.25, 0.3) is 5.91 Å². The van der Waals surface area contributed by atoms with Crippen molar-refractivity contribution in [2.24, 2.45) is 0 Å². The average Bonchev–Trinajstić information content (AvgIpc) is 3.07. The molecule has 0 aliphatic heterocycles. The molecule has 3 rings (SSSR count). The Labute approximate surface area is 144 Å². The monoisotopic (exact) mass is 339 g/mol. The molecule has 0 saturated heterocycles. The second-order valence-electron chi connectivity index (χ2n) is 5.30. The molecular formula is C18H17N3O2S. The molecule has 122 valence electrons. The molecule has 0 unspecified atom stereocenters. The zero-order chi connectivity index (χ0) is 17.1. The van der Waals surface area contributed by atoms with Crippen LogP contribution >= 0.6 is 11.3 Å². The molecule has 0 bridgehead atoms. The minimum absolute atomic E-state index is 0.0999. The van der Waals surface area contributed by atoms with Crippen LogP contribution in [-0.2, 0) is 0 Å². The number of hydrogen-bond acceptors (Lipinski definition) is 5. The molecule has 5 nitrogen and oxygen atoms in total. The van der Waals surface area contributed by atoms with E-state index in [4.69, 9.17) is 4.74 Å². The van der Waals surface area contributed by atoms with Crippen molar-refractivity contribution in [3.05, 3.63) is 59.2 Å². The van der Waals surface area contributed by atoms with Crippen LogP contribution in [0.25, 0.3) is 10.6 Å². The van der Waals surface area contributed by atoms with Gasteiger partial charge in [-0.3, -0.25) is 4.79 Å². The third kappa shape index (κ3) is 3.28. The van der Waals surface area contributed by atoms with Crippen LogP contribution in [0.2, 0.25) is 0 Å². The molecule has 3 aromatic rings. The number of aromatic nitrogens is 2. The number of benzene rings is 1. The highest BCUT2D eigenvalue weighted by atomic mass is 32.1. The lowest BCUT2D eigenvalue weighted by Crippen LogP contribution is -2.26. The fourth-order valence-corrected chi connectivity index (χ4v) is 3.07. The maximum Gasteiger partial charge on any atom is 0.258 e. The summed E-state index contributed by atoms with van der Waals surface area (Å²) in [6, 6.07) is 11.0. The fraction of sp³-hybridized carbons (Fsp3) is 0.167. The second kappa shape index (κ2) is 6.80. The Morgan fingerprint density at radius 2 is 2.08 bits per heavy atom. The van der Waals surface area contributed by atoms with Crippen LogP contribution in [0.1, 0.15) is 16.1 Å². The topological polar surface area (TPSA) is 55.3 Å². The normalized spacial score (nSPS) is 10.5. The van der Waals surface area contributed by atoms with Gasteiger partial charge in [-0.15, -0.1) is 11.3 Å². The van der Waals surface area contributed by atoms with Gasteiger partial charge in [0.15, 0.2) is 0 Å². The van der Waals surface area contributed by atoms with Crippen molar-refractivity contribution in [1.29, 1.82) is 0 Å². The quantitative estimate of drug-likeness (QED) is 0.725. The molecule has 0 aliphatic carbocycles. The van der Waals surface area contributed by atoms with Gasteiger partial charge in [0.1, 0.15) is 5.01 Å². The molecule has 0 atom stereocenters. The first-order valence-electron chi connectivity index (χ1n) is 7.39. The number of anilines is 1. The van der Waals surface area contributed by atoms with Crippen molar-refractivity contribution >= 4 is 22.9 Å². The number of rotatable bonds is 4. The summed E-state index contributed by atoms with van der Waals surface area (Å²) in [5.74, 6) is 0.415. The van der Waals surface area contributed by atoms with Crippen LogP contribution in [0, 0.1) is 6.92 Å². The highest BCUT2D eigenvalue weighted by molar-refractivity contribution is 7.13. The van der Waals surface area contributed by atoms with Gasteiger partial charge in [-0.2, -0.15) is 0 Å². The Morgan fingerprint density at radius 1 is 1.25 bits per heavy atom. The molecule has 2 aromatic heterocycles. The molecule has 2 heterocycles. The van der Waals surface area contributed by atoms with Crippen LogP contribution in [0.15, 0.2) is 48.0 Å². The summed E-state index contributed by atoms with van der Waals surface area (Å²) >= 11 is 1.57. The van der Waals surface area contributed by atoms with Crippen molar-refractivity contribution in [3.8, 4) is 16.5 Å². The number of aryl methyl sites for hydroxylation is 1. The zero-order valence-electron chi connectivity index (χ0n) is 13.7. The van der Waals surface area contributed by atoms with Gasteiger partial charge in [0.2, 0.25) is 5.88 Å². The van der Waals surface area contributed by atoms with Crippen molar-refractivity contribution in [2.45, 2.75) is 6.92 Å². The van der Waals surface area contributed by atoms with Gasteiger partial charge in [-0.05, 0) is 25.1 Å². The van der Waals surface area contributed by atoms with Crippen LogP contribution < -0.4 is 9.64 Å².